The molecule has 190 valence electrons. The molecule has 2 amide bonds. The van der Waals surface area contributed by atoms with Crippen LogP contribution >= 0.6 is 0 Å². The molecule has 1 aromatic heterocycles. The van der Waals surface area contributed by atoms with E-state index in [4.69, 9.17) is 11.5 Å². The minimum atomic E-state index is -0.327. The van der Waals surface area contributed by atoms with Crippen molar-refractivity contribution in [2.45, 2.75) is 39.5 Å². The predicted octanol–water partition coefficient (Wildman–Crippen LogP) is 4.89. The number of aromatic nitrogens is 2. The largest absolute Gasteiger partial charge is 0.404 e. The van der Waals surface area contributed by atoms with Gasteiger partial charge in [-0.1, -0.05) is 37.6 Å². The lowest BCUT2D eigenvalue weighted by Crippen LogP contribution is -2.15. The third-order valence-corrected chi connectivity index (χ3v) is 6.15. The molecule has 1 aliphatic rings. The average molecular weight is 497 g/mol. The van der Waals surface area contributed by atoms with E-state index in [0.717, 1.165) is 41.5 Å². The summed E-state index contributed by atoms with van der Waals surface area (Å²) in [5, 5.41) is 5.79. The number of anilines is 2. The Kier molecular flexibility index (Phi) is 7.98. The standard InChI is InChI=1S/C29H32N6O2/c1-3-5-23(31)13-22(16-30)29(37)34-24-11-8-18(2)25(14-24)20-6-4-7-21(12-20)26-15-27(33-17-32-26)35-28(36)19-9-10-19/h4,6-8,11-17,19H,3,5,9-10,30-31H2,1-2H3,(H,34,37)(H,32,33,35,36)/b22-16+,23-13-. The number of carbonyl (C=O) groups excluding carboxylic acids is 2. The van der Waals surface area contributed by atoms with E-state index in [-0.39, 0.29) is 17.7 Å². The van der Waals surface area contributed by atoms with Gasteiger partial charge in [-0.15, -0.1) is 0 Å². The van der Waals surface area contributed by atoms with Crippen LogP contribution in [0.25, 0.3) is 22.4 Å². The number of nitrogens with zero attached hydrogens (tertiary/aromatic N) is 2. The third kappa shape index (κ3) is 6.61. The lowest BCUT2D eigenvalue weighted by Gasteiger charge is -2.12. The van der Waals surface area contributed by atoms with Crippen molar-refractivity contribution in [3.63, 3.8) is 0 Å². The maximum Gasteiger partial charge on any atom is 0.257 e. The molecule has 3 aromatic rings. The Bertz CT molecular complexity index is 1370. The van der Waals surface area contributed by atoms with Crippen LogP contribution in [0.1, 0.15) is 38.2 Å². The Hall–Kier alpha value is -4.46. The fourth-order valence-electron chi connectivity index (χ4n) is 3.97. The molecule has 1 heterocycles. The minimum absolute atomic E-state index is 0.00376. The number of carbonyl (C=O) groups is 2. The van der Waals surface area contributed by atoms with Gasteiger partial charge in [0.1, 0.15) is 12.1 Å². The fourth-order valence-corrected chi connectivity index (χ4v) is 3.97. The number of amides is 2. The lowest BCUT2D eigenvalue weighted by atomic mass is 9.97. The SMILES string of the molecule is CCC/C(N)=C/C(=C\N)C(=O)Nc1ccc(C)c(-c2cccc(-c3cc(NC(=O)C4CC4)ncn3)c2)c1. The lowest BCUT2D eigenvalue weighted by molar-refractivity contribution is -0.117. The highest BCUT2D eigenvalue weighted by Crippen LogP contribution is 2.32. The monoisotopic (exact) mass is 496 g/mol. The molecule has 0 spiro atoms. The maximum atomic E-state index is 12.8. The topological polar surface area (TPSA) is 136 Å². The zero-order valence-electron chi connectivity index (χ0n) is 21.1. The number of hydrogen-bond acceptors (Lipinski definition) is 6. The van der Waals surface area contributed by atoms with Crippen molar-refractivity contribution in [3.8, 4) is 22.4 Å². The molecule has 4 rings (SSSR count). The van der Waals surface area contributed by atoms with E-state index in [0.29, 0.717) is 34.9 Å². The van der Waals surface area contributed by atoms with Gasteiger partial charge in [-0.2, -0.15) is 0 Å². The van der Waals surface area contributed by atoms with Crippen molar-refractivity contribution in [1.82, 2.24) is 9.97 Å². The van der Waals surface area contributed by atoms with E-state index in [1.165, 1.54) is 12.5 Å². The molecule has 1 aliphatic carbocycles. The van der Waals surface area contributed by atoms with Crippen LogP contribution in [0.4, 0.5) is 11.5 Å². The van der Waals surface area contributed by atoms with Crippen LogP contribution in [0.3, 0.4) is 0 Å². The average Bonchev–Trinajstić information content (AvgIpc) is 3.75. The number of hydrogen-bond donors (Lipinski definition) is 4. The fraction of sp³-hybridized carbons (Fsp3) is 0.241. The first-order chi connectivity index (χ1) is 17.9. The minimum Gasteiger partial charge on any atom is -0.404 e. The zero-order chi connectivity index (χ0) is 26.4. The molecule has 8 nitrogen and oxygen atoms in total. The Labute approximate surface area is 216 Å². The first kappa shape index (κ1) is 25.6. The Morgan fingerprint density at radius 1 is 1.05 bits per heavy atom. The number of benzene rings is 2. The van der Waals surface area contributed by atoms with Crippen LogP contribution in [-0.4, -0.2) is 21.8 Å². The number of nitrogens with one attached hydrogen (secondary N) is 2. The van der Waals surface area contributed by atoms with Crippen molar-refractivity contribution in [2.75, 3.05) is 10.6 Å². The van der Waals surface area contributed by atoms with Crippen molar-refractivity contribution in [1.29, 1.82) is 0 Å². The van der Waals surface area contributed by atoms with Gasteiger partial charge in [0.2, 0.25) is 5.91 Å². The first-order valence-electron chi connectivity index (χ1n) is 12.4. The van der Waals surface area contributed by atoms with E-state index in [9.17, 15) is 9.59 Å². The highest BCUT2D eigenvalue weighted by atomic mass is 16.2. The van der Waals surface area contributed by atoms with Crippen LogP contribution in [0, 0.1) is 12.8 Å². The first-order valence-corrected chi connectivity index (χ1v) is 12.4. The second-order valence-electron chi connectivity index (χ2n) is 9.21. The van der Waals surface area contributed by atoms with E-state index in [1.807, 2.05) is 56.3 Å². The van der Waals surface area contributed by atoms with Gasteiger partial charge in [-0.05, 0) is 67.2 Å². The van der Waals surface area contributed by atoms with Crippen molar-refractivity contribution < 1.29 is 9.59 Å². The van der Waals surface area contributed by atoms with Crippen LogP contribution in [-0.2, 0) is 9.59 Å². The number of nitrogens with two attached hydrogens (primary N) is 2. The van der Waals surface area contributed by atoms with E-state index in [1.54, 1.807) is 12.1 Å². The molecule has 37 heavy (non-hydrogen) atoms. The highest BCUT2D eigenvalue weighted by molar-refractivity contribution is 6.06. The van der Waals surface area contributed by atoms with Crippen molar-refractivity contribution in [2.24, 2.45) is 17.4 Å². The molecule has 0 unspecified atom stereocenters. The van der Waals surface area contributed by atoms with Crippen LogP contribution in [0.5, 0.6) is 0 Å². The summed E-state index contributed by atoms with van der Waals surface area (Å²) in [6.07, 6.45) is 7.76. The Morgan fingerprint density at radius 3 is 2.57 bits per heavy atom. The van der Waals surface area contributed by atoms with Gasteiger partial charge in [-0.3, -0.25) is 9.59 Å². The smallest absolute Gasteiger partial charge is 0.257 e. The maximum absolute atomic E-state index is 12.8. The number of rotatable bonds is 9. The summed E-state index contributed by atoms with van der Waals surface area (Å²) in [6.45, 7) is 4.04. The van der Waals surface area contributed by atoms with Crippen molar-refractivity contribution in [3.05, 3.63) is 84.0 Å². The summed E-state index contributed by atoms with van der Waals surface area (Å²) in [4.78, 5) is 33.5. The van der Waals surface area contributed by atoms with Crippen LogP contribution in [0.15, 0.2) is 78.4 Å². The Morgan fingerprint density at radius 2 is 1.84 bits per heavy atom. The second kappa shape index (κ2) is 11.5. The quantitative estimate of drug-likeness (QED) is 0.246. The third-order valence-electron chi connectivity index (χ3n) is 6.15. The normalized spacial score (nSPS) is 13.8. The van der Waals surface area contributed by atoms with Gasteiger partial charge in [0.25, 0.3) is 5.91 Å². The second-order valence-corrected chi connectivity index (χ2v) is 9.21. The van der Waals surface area contributed by atoms with E-state index in [2.05, 4.69) is 20.6 Å². The summed E-state index contributed by atoms with van der Waals surface area (Å²) < 4.78 is 0. The van der Waals surface area contributed by atoms with Gasteiger partial charge < -0.3 is 22.1 Å². The molecule has 1 fully saturated rings. The summed E-state index contributed by atoms with van der Waals surface area (Å²) in [6, 6.07) is 15.5. The summed E-state index contributed by atoms with van der Waals surface area (Å²) >= 11 is 0. The van der Waals surface area contributed by atoms with Crippen molar-refractivity contribution >= 4 is 23.3 Å². The van der Waals surface area contributed by atoms with Crippen LogP contribution < -0.4 is 22.1 Å². The van der Waals surface area contributed by atoms with Crippen LogP contribution in [0.2, 0.25) is 0 Å². The van der Waals surface area contributed by atoms with Gasteiger partial charge in [0.05, 0.1) is 11.3 Å². The molecule has 0 bridgehead atoms. The van der Waals surface area contributed by atoms with Gasteiger partial charge in [0, 0.05) is 35.1 Å². The molecule has 0 aliphatic heterocycles. The van der Waals surface area contributed by atoms with E-state index < -0.39 is 0 Å². The molecule has 0 radical (unpaired) electrons. The predicted molar refractivity (Wildman–Crippen MR) is 147 cm³/mol. The van der Waals surface area contributed by atoms with Gasteiger partial charge in [-0.25, -0.2) is 9.97 Å². The molecular formula is C29H32N6O2. The molecule has 6 N–H and O–H groups in total. The highest BCUT2D eigenvalue weighted by Gasteiger charge is 2.29. The molecular weight excluding hydrogens is 464 g/mol. The summed E-state index contributed by atoms with van der Waals surface area (Å²) in [7, 11) is 0. The molecule has 0 saturated heterocycles. The number of allylic oxidation sites excluding steroid dienone is 1. The van der Waals surface area contributed by atoms with Gasteiger partial charge in [0.15, 0.2) is 0 Å². The summed E-state index contributed by atoms with van der Waals surface area (Å²) in [5.74, 6) is 0.264. The molecule has 0 atom stereocenters. The molecule has 2 aromatic carbocycles. The molecule has 8 heteroatoms. The number of aryl methyl sites for hydroxylation is 1. The Balaban J connectivity index is 1.56. The van der Waals surface area contributed by atoms with E-state index >= 15 is 0 Å². The zero-order valence-corrected chi connectivity index (χ0v) is 21.1. The summed E-state index contributed by atoms with van der Waals surface area (Å²) in [5.41, 5.74) is 17.8. The van der Waals surface area contributed by atoms with Gasteiger partial charge >= 0.3 is 0 Å². The molecule has 1 saturated carbocycles.